The Kier molecular flexibility index (Phi) is 5.30. The fourth-order valence-corrected chi connectivity index (χ4v) is 2.23. The van der Waals surface area contributed by atoms with E-state index in [9.17, 15) is 0 Å². The fourth-order valence-electron chi connectivity index (χ4n) is 2.23. The molecular formula is C16H23N3O. The molecule has 0 fully saturated rings. The summed E-state index contributed by atoms with van der Waals surface area (Å²) in [6.45, 7) is 7.38. The van der Waals surface area contributed by atoms with Gasteiger partial charge in [0.2, 0.25) is 5.89 Å². The van der Waals surface area contributed by atoms with E-state index in [1.165, 1.54) is 11.1 Å². The maximum atomic E-state index is 5.32. The Morgan fingerprint density at radius 1 is 1.30 bits per heavy atom. The largest absolute Gasteiger partial charge is 0.339 e. The van der Waals surface area contributed by atoms with Gasteiger partial charge in [0, 0.05) is 18.9 Å². The van der Waals surface area contributed by atoms with Crippen molar-refractivity contribution in [2.24, 2.45) is 0 Å². The van der Waals surface area contributed by atoms with E-state index in [1.54, 1.807) is 0 Å². The maximum Gasteiger partial charge on any atom is 0.226 e. The van der Waals surface area contributed by atoms with Gasteiger partial charge < -0.3 is 9.84 Å². The van der Waals surface area contributed by atoms with E-state index < -0.39 is 0 Å². The first kappa shape index (κ1) is 14.7. The minimum atomic E-state index is 0.478. The van der Waals surface area contributed by atoms with E-state index in [0.717, 1.165) is 37.5 Å². The van der Waals surface area contributed by atoms with Crippen molar-refractivity contribution < 1.29 is 4.52 Å². The molecule has 0 aliphatic carbocycles. The highest BCUT2D eigenvalue weighted by atomic mass is 16.5. The molecule has 0 spiro atoms. The third kappa shape index (κ3) is 4.17. The molecule has 1 atom stereocenters. The summed E-state index contributed by atoms with van der Waals surface area (Å²) >= 11 is 0. The highest BCUT2D eigenvalue weighted by Gasteiger charge is 2.09. The van der Waals surface area contributed by atoms with Crippen LogP contribution in [0.25, 0.3) is 0 Å². The lowest BCUT2D eigenvalue weighted by molar-refractivity contribution is 0.363. The summed E-state index contributed by atoms with van der Waals surface area (Å²) in [5, 5.41) is 7.45. The van der Waals surface area contributed by atoms with Crippen LogP contribution >= 0.6 is 0 Å². The molecule has 0 aliphatic rings. The Balaban J connectivity index is 1.91. The average molecular weight is 273 g/mol. The van der Waals surface area contributed by atoms with Gasteiger partial charge in [0.25, 0.3) is 0 Å². The number of nitrogens with one attached hydrogen (secondary N) is 1. The van der Waals surface area contributed by atoms with Crippen molar-refractivity contribution in [2.75, 3.05) is 6.54 Å². The summed E-state index contributed by atoms with van der Waals surface area (Å²) < 4.78 is 5.32. The van der Waals surface area contributed by atoms with Crippen molar-refractivity contribution in [2.45, 2.75) is 46.1 Å². The molecule has 2 aromatic rings. The zero-order chi connectivity index (χ0) is 14.4. The first-order chi connectivity index (χ1) is 9.69. The van der Waals surface area contributed by atoms with Crippen molar-refractivity contribution in [3.8, 4) is 0 Å². The van der Waals surface area contributed by atoms with E-state index in [0.29, 0.717) is 6.04 Å². The molecule has 0 bridgehead atoms. The Morgan fingerprint density at radius 2 is 2.10 bits per heavy atom. The van der Waals surface area contributed by atoms with Gasteiger partial charge >= 0.3 is 0 Å². The minimum absolute atomic E-state index is 0.478. The second-order valence-electron chi connectivity index (χ2n) is 5.21. The summed E-state index contributed by atoms with van der Waals surface area (Å²) in [6, 6.07) is 8.78. The Morgan fingerprint density at radius 3 is 2.85 bits per heavy atom. The number of nitrogens with zero attached hydrogens (tertiary/aromatic N) is 2. The second-order valence-corrected chi connectivity index (χ2v) is 5.21. The third-order valence-electron chi connectivity index (χ3n) is 3.46. The van der Waals surface area contributed by atoms with Gasteiger partial charge in [0.15, 0.2) is 5.82 Å². The van der Waals surface area contributed by atoms with Gasteiger partial charge in [-0.05, 0) is 37.9 Å². The lowest BCUT2D eigenvalue weighted by atomic mass is 10.1. The smallest absolute Gasteiger partial charge is 0.226 e. The van der Waals surface area contributed by atoms with Crippen LogP contribution < -0.4 is 5.32 Å². The zero-order valence-electron chi connectivity index (χ0n) is 12.5. The van der Waals surface area contributed by atoms with Crippen LogP contribution in [0.1, 0.15) is 43.1 Å². The average Bonchev–Trinajstić information content (AvgIpc) is 2.87. The van der Waals surface area contributed by atoms with Gasteiger partial charge in [-0.2, -0.15) is 4.98 Å². The van der Waals surface area contributed by atoms with Crippen LogP contribution in [0.4, 0.5) is 0 Å². The van der Waals surface area contributed by atoms with E-state index >= 15 is 0 Å². The van der Waals surface area contributed by atoms with Gasteiger partial charge in [0.1, 0.15) is 0 Å². The Labute approximate surface area is 120 Å². The van der Waals surface area contributed by atoms with Crippen molar-refractivity contribution in [1.29, 1.82) is 0 Å². The number of aryl methyl sites for hydroxylation is 2. The normalized spacial score (nSPS) is 12.6. The molecule has 0 radical (unpaired) electrons. The molecule has 108 valence electrons. The summed E-state index contributed by atoms with van der Waals surface area (Å²) in [5.74, 6) is 1.50. The third-order valence-corrected chi connectivity index (χ3v) is 3.46. The predicted molar refractivity (Wildman–Crippen MR) is 79.7 cm³/mol. The molecule has 4 heteroatoms. The quantitative estimate of drug-likeness (QED) is 0.842. The molecule has 0 aliphatic heterocycles. The minimum Gasteiger partial charge on any atom is -0.339 e. The van der Waals surface area contributed by atoms with Gasteiger partial charge in [-0.15, -0.1) is 0 Å². The molecule has 0 amide bonds. The number of hydrogen-bond acceptors (Lipinski definition) is 4. The van der Waals surface area contributed by atoms with Crippen LogP contribution in [0.3, 0.4) is 0 Å². The van der Waals surface area contributed by atoms with Crippen molar-refractivity contribution >= 4 is 0 Å². The summed E-state index contributed by atoms with van der Waals surface area (Å²) in [6.07, 6.45) is 2.58. The molecule has 20 heavy (non-hydrogen) atoms. The van der Waals surface area contributed by atoms with Crippen LogP contribution in [0.2, 0.25) is 0 Å². The molecule has 0 saturated heterocycles. The SMILES string of the molecule is CCNC(C)CCc1nc(Cc2ccccc2C)no1. The highest BCUT2D eigenvalue weighted by Crippen LogP contribution is 2.12. The molecule has 1 aromatic heterocycles. The zero-order valence-corrected chi connectivity index (χ0v) is 12.5. The summed E-state index contributed by atoms with van der Waals surface area (Å²) in [7, 11) is 0. The second kappa shape index (κ2) is 7.20. The van der Waals surface area contributed by atoms with Crippen LogP contribution in [0.15, 0.2) is 28.8 Å². The summed E-state index contributed by atoms with van der Waals surface area (Å²) in [5.41, 5.74) is 2.51. The van der Waals surface area contributed by atoms with E-state index in [2.05, 4.69) is 48.4 Å². The van der Waals surface area contributed by atoms with Crippen molar-refractivity contribution in [1.82, 2.24) is 15.5 Å². The lowest BCUT2D eigenvalue weighted by Gasteiger charge is -2.09. The Bertz CT molecular complexity index is 536. The van der Waals surface area contributed by atoms with Crippen molar-refractivity contribution in [3.63, 3.8) is 0 Å². The van der Waals surface area contributed by atoms with Crippen molar-refractivity contribution in [3.05, 3.63) is 47.1 Å². The van der Waals surface area contributed by atoms with Gasteiger partial charge in [-0.25, -0.2) is 0 Å². The maximum absolute atomic E-state index is 5.32. The first-order valence-electron chi connectivity index (χ1n) is 7.28. The molecule has 4 nitrogen and oxygen atoms in total. The fraction of sp³-hybridized carbons (Fsp3) is 0.500. The number of rotatable bonds is 7. The predicted octanol–water partition coefficient (Wildman–Crippen LogP) is 2.90. The topological polar surface area (TPSA) is 51.0 Å². The summed E-state index contributed by atoms with van der Waals surface area (Å²) in [4.78, 5) is 4.47. The van der Waals surface area contributed by atoms with Crippen LogP contribution in [-0.2, 0) is 12.8 Å². The number of benzene rings is 1. The van der Waals surface area contributed by atoms with Crippen LogP contribution in [-0.4, -0.2) is 22.7 Å². The van der Waals surface area contributed by atoms with Gasteiger partial charge in [-0.1, -0.05) is 36.3 Å². The van der Waals surface area contributed by atoms with E-state index in [1.807, 2.05) is 12.1 Å². The van der Waals surface area contributed by atoms with E-state index in [4.69, 9.17) is 4.52 Å². The number of aromatic nitrogens is 2. The molecule has 1 unspecified atom stereocenters. The highest BCUT2D eigenvalue weighted by molar-refractivity contribution is 5.27. The lowest BCUT2D eigenvalue weighted by Crippen LogP contribution is -2.25. The monoisotopic (exact) mass is 273 g/mol. The first-order valence-corrected chi connectivity index (χ1v) is 7.28. The molecular weight excluding hydrogens is 250 g/mol. The molecule has 1 heterocycles. The molecule has 2 rings (SSSR count). The van der Waals surface area contributed by atoms with Gasteiger partial charge in [-0.3, -0.25) is 0 Å². The molecule has 1 N–H and O–H groups in total. The standard InChI is InChI=1S/C16H23N3O/c1-4-17-13(3)9-10-16-18-15(19-20-16)11-14-8-6-5-7-12(14)2/h5-8,13,17H,4,9-11H2,1-3H3. The molecule has 1 aromatic carbocycles. The Hall–Kier alpha value is -1.68. The molecule has 0 saturated carbocycles. The van der Waals surface area contributed by atoms with Crippen LogP contribution in [0.5, 0.6) is 0 Å². The van der Waals surface area contributed by atoms with Crippen LogP contribution in [0, 0.1) is 6.92 Å². The number of hydrogen-bond donors (Lipinski definition) is 1. The van der Waals surface area contributed by atoms with E-state index in [-0.39, 0.29) is 0 Å². The van der Waals surface area contributed by atoms with Gasteiger partial charge in [0.05, 0.1) is 0 Å².